The fraction of sp³-hybridized carbons (Fsp3) is 0.650. The van der Waals surface area contributed by atoms with Crippen LogP contribution in [-0.4, -0.2) is 35.7 Å². The summed E-state index contributed by atoms with van der Waals surface area (Å²) in [6.45, 7) is 3.64. The molecule has 2 N–H and O–H groups in total. The van der Waals surface area contributed by atoms with Crippen molar-refractivity contribution >= 4 is 11.0 Å². The number of benzene rings is 1. The fourth-order valence-electron chi connectivity index (χ4n) is 4.47. The van der Waals surface area contributed by atoms with Gasteiger partial charge in [0.15, 0.2) is 5.58 Å². The van der Waals surface area contributed by atoms with Crippen molar-refractivity contribution in [3.8, 4) is 0 Å². The zero-order chi connectivity index (χ0) is 16.4. The SMILES string of the molecule is NC1CCC(CCN2CCC(c3noc4ccccc34)CC2)CC1. The average Bonchev–Trinajstić information content (AvgIpc) is 3.06. The standard InChI is InChI=1S/C20H29N3O/c21-17-7-5-15(6-8-17)9-12-23-13-10-16(11-14-23)20-18-3-1-2-4-19(18)24-22-20/h1-4,15-17H,5-14,21H2. The summed E-state index contributed by atoms with van der Waals surface area (Å²) in [7, 11) is 0. The molecule has 1 saturated heterocycles. The first kappa shape index (κ1) is 16.1. The van der Waals surface area contributed by atoms with Crippen LogP contribution in [0.2, 0.25) is 0 Å². The van der Waals surface area contributed by atoms with E-state index in [1.54, 1.807) is 0 Å². The number of aromatic nitrogens is 1. The highest BCUT2D eigenvalue weighted by Crippen LogP contribution is 2.33. The summed E-state index contributed by atoms with van der Waals surface area (Å²) >= 11 is 0. The van der Waals surface area contributed by atoms with Crippen molar-refractivity contribution in [3.05, 3.63) is 30.0 Å². The number of fused-ring (bicyclic) bond motifs is 1. The molecule has 2 heterocycles. The van der Waals surface area contributed by atoms with Gasteiger partial charge in [-0.1, -0.05) is 17.3 Å². The summed E-state index contributed by atoms with van der Waals surface area (Å²) in [6.07, 6.45) is 8.88. The topological polar surface area (TPSA) is 55.3 Å². The van der Waals surface area contributed by atoms with Gasteiger partial charge in [0.1, 0.15) is 0 Å². The second-order valence-electron chi connectivity index (χ2n) is 7.75. The molecule has 0 atom stereocenters. The number of hydrogen-bond donors (Lipinski definition) is 1. The lowest BCUT2D eigenvalue weighted by molar-refractivity contribution is 0.184. The maximum Gasteiger partial charge on any atom is 0.167 e. The van der Waals surface area contributed by atoms with Gasteiger partial charge in [0.25, 0.3) is 0 Å². The molecule has 0 amide bonds. The predicted molar refractivity (Wildman–Crippen MR) is 97.0 cm³/mol. The fourth-order valence-corrected chi connectivity index (χ4v) is 4.47. The maximum atomic E-state index is 6.01. The Morgan fingerprint density at radius 3 is 2.58 bits per heavy atom. The lowest BCUT2D eigenvalue weighted by atomic mass is 9.84. The normalized spacial score (nSPS) is 26.9. The summed E-state index contributed by atoms with van der Waals surface area (Å²) < 4.78 is 5.49. The summed E-state index contributed by atoms with van der Waals surface area (Å²) in [6, 6.07) is 8.71. The van der Waals surface area contributed by atoms with Crippen molar-refractivity contribution < 1.29 is 4.52 Å². The Morgan fingerprint density at radius 1 is 1.04 bits per heavy atom. The zero-order valence-electron chi connectivity index (χ0n) is 14.5. The van der Waals surface area contributed by atoms with Gasteiger partial charge in [0.05, 0.1) is 5.69 Å². The van der Waals surface area contributed by atoms with Crippen molar-refractivity contribution in [1.29, 1.82) is 0 Å². The molecule has 1 aliphatic carbocycles. The quantitative estimate of drug-likeness (QED) is 0.925. The molecule has 1 aromatic carbocycles. The Labute approximate surface area is 144 Å². The van der Waals surface area contributed by atoms with Gasteiger partial charge in [-0.2, -0.15) is 0 Å². The highest BCUT2D eigenvalue weighted by atomic mass is 16.5. The van der Waals surface area contributed by atoms with Gasteiger partial charge in [-0.15, -0.1) is 0 Å². The lowest BCUT2D eigenvalue weighted by Crippen LogP contribution is -2.35. The average molecular weight is 327 g/mol. The molecule has 1 aromatic heterocycles. The zero-order valence-corrected chi connectivity index (χ0v) is 14.5. The van der Waals surface area contributed by atoms with Gasteiger partial charge < -0.3 is 15.2 Å². The monoisotopic (exact) mass is 327 g/mol. The molecule has 1 saturated carbocycles. The van der Waals surface area contributed by atoms with E-state index in [0.29, 0.717) is 12.0 Å². The van der Waals surface area contributed by atoms with Gasteiger partial charge in [-0.3, -0.25) is 0 Å². The summed E-state index contributed by atoms with van der Waals surface area (Å²) in [5.74, 6) is 1.46. The van der Waals surface area contributed by atoms with E-state index in [2.05, 4.69) is 22.2 Å². The third kappa shape index (κ3) is 3.50. The number of nitrogens with zero attached hydrogens (tertiary/aromatic N) is 2. The molecule has 0 bridgehead atoms. The number of piperidine rings is 1. The van der Waals surface area contributed by atoms with Crippen molar-refractivity contribution in [3.63, 3.8) is 0 Å². The molecule has 2 aliphatic rings. The highest BCUT2D eigenvalue weighted by Gasteiger charge is 2.25. The van der Waals surface area contributed by atoms with E-state index in [9.17, 15) is 0 Å². The molecule has 0 unspecified atom stereocenters. The van der Waals surface area contributed by atoms with Gasteiger partial charge in [-0.25, -0.2) is 0 Å². The molecular formula is C20H29N3O. The Morgan fingerprint density at radius 2 is 1.79 bits per heavy atom. The van der Waals surface area contributed by atoms with E-state index in [1.807, 2.05) is 12.1 Å². The molecule has 130 valence electrons. The van der Waals surface area contributed by atoms with Crippen LogP contribution in [0.4, 0.5) is 0 Å². The third-order valence-electron chi connectivity index (χ3n) is 6.12. The van der Waals surface area contributed by atoms with Crippen molar-refractivity contribution in [2.45, 2.75) is 56.9 Å². The Hall–Kier alpha value is -1.39. The molecule has 0 spiro atoms. The van der Waals surface area contributed by atoms with Crippen LogP contribution in [0, 0.1) is 5.92 Å². The van der Waals surface area contributed by atoms with Crippen LogP contribution in [-0.2, 0) is 0 Å². The number of para-hydroxylation sites is 1. The Balaban J connectivity index is 1.27. The molecule has 2 fully saturated rings. The summed E-state index contributed by atoms with van der Waals surface area (Å²) in [5.41, 5.74) is 8.11. The Kier molecular flexibility index (Phi) is 4.86. The highest BCUT2D eigenvalue weighted by molar-refractivity contribution is 5.79. The first-order chi connectivity index (χ1) is 11.8. The van der Waals surface area contributed by atoms with Crippen LogP contribution < -0.4 is 5.73 Å². The van der Waals surface area contributed by atoms with E-state index in [0.717, 1.165) is 11.5 Å². The maximum absolute atomic E-state index is 6.01. The first-order valence-electron chi connectivity index (χ1n) is 9.62. The molecular weight excluding hydrogens is 298 g/mol. The second-order valence-corrected chi connectivity index (χ2v) is 7.75. The minimum absolute atomic E-state index is 0.467. The summed E-state index contributed by atoms with van der Waals surface area (Å²) in [5, 5.41) is 5.57. The molecule has 2 aromatic rings. The summed E-state index contributed by atoms with van der Waals surface area (Å²) in [4.78, 5) is 2.65. The molecule has 24 heavy (non-hydrogen) atoms. The largest absolute Gasteiger partial charge is 0.356 e. The van der Waals surface area contributed by atoms with E-state index in [1.165, 1.54) is 75.7 Å². The van der Waals surface area contributed by atoms with E-state index < -0.39 is 0 Å². The van der Waals surface area contributed by atoms with Gasteiger partial charge in [0, 0.05) is 17.3 Å². The smallest absolute Gasteiger partial charge is 0.167 e. The minimum Gasteiger partial charge on any atom is -0.356 e. The van der Waals surface area contributed by atoms with Gasteiger partial charge in [0.2, 0.25) is 0 Å². The number of nitrogens with two attached hydrogens (primary N) is 1. The van der Waals surface area contributed by atoms with Crippen molar-refractivity contribution in [2.24, 2.45) is 11.7 Å². The second kappa shape index (κ2) is 7.24. The number of likely N-dealkylation sites (tertiary alicyclic amines) is 1. The van der Waals surface area contributed by atoms with Crippen LogP contribution in [0.5, 0.6) is 0 Å². The van der Waals surface area contributed by atoms with Crippen LogP contribution in [0.3, 0.4) is 0 Å². The number of hydrogen-bond acceptors (Lipinski definition) is 4. The predicted octanol–water partition coefficient (Wildman–Crippen LogP) is 3.91. The van der Waals surface area contributed by atoms with Crippen LogP contribution in [0.25, 0.3) is 11.0 Å². The molecule has 4 heteroatoms. The van der Waals surface area contributed by atoms with Gasteiger partial charge in [-0.05, 0) is 82.6 Å². The van der Waals surface area contributed by atoms with Crippen LogP contribution in [0.15, 0.2) is 28.8 Å². The van der Waals surface area contributed by atoms with Crippen molar-refractivity contribution in [1.82, 2.24) is 10.1 Å². The minimum atomic E-state index is 0.467. The van der Waals surface area contributed by atoms with Crippen molar-refractivity contribution in [2.75, 3.05) is 19.6 Å². The molecule has 4 nitrogen and oxygen atoms in total. The first-order valence-corrected chi connectivity index (χ1v) is 9.62. The van der Waals surface area contributed by atoms with Gasteiger partial charge >= 0.3 is 0 Å². The van der Waals surface area contributed by atoms with Crippen LogP contribution >= 0.6 is 0 Å². The van der Waals surface area contributed by atoms with E-state index in [-0.39, 0.29) is 0 Å². The lowest BCUT2D eigenvalue weighted by Gasteiger charge is -2.33. The molecule has 0 radical (unpaired) electrons. The van der Waals surface area contributed by atoms with E-state index >= 15 is 0 Å². The van der Waals surface area contributed by atoms with E-state index in [4.69, 9.17) is 10.3 Å². The Bertz CT molecular complexity index is 652. The van der Waals surface area contributed by atoms with Crippen LogP contribution in [0.1, 0.15) is 56.6 Å². The molecule has 1 aliphatic heterocycles. The third-order valence-corrected chi connectivity index (χ3v) is 6.12. The molecule has 4 rings (SSSR count). The number of rotatable bonds is 4.